The molecule has 0 fully saturated rings. The molecule has 3 nitrogen and oxygen atoms in total. The zero-order chi connectivity index (χ0) is 10.6. The van der Waals surface area contributed by atoms with Crippen LogP contribution in [0.25, 0.3) is 0 Å². The van der Waals surface area contributed by atoms with Crippen molar-refractivity contribution in [2.24, 2.45) is 0 Å². The summed E-state index contributed by atoms with van der Waals surface area (Å²) in [5.74, 6) is -0.965. The van der Waals surface area contributed by atoms with Gasteiger partial charge in [0.25, 0.3) is 0 Å². The minimum Gasteiger partial charge on any atom is -0.478 e. The van der Waals surface area contributed by atoms with Crippen LogP contribution in [0, 0.1) is 0 Å². The molecule has 0 aliphatic carbocycles. The lowest BCUT2D eigenvalue weighted by Crippen LogP contribution is -2.07. The number of hydrogen-bond donors (Lipinski definition) is 2. The van der Waals surface area contributed by atoms with Gasteiger partial charge in [0, 0.05) is 10.7 Å². The molecule has 1 rings (SSSR count). The fourth-order valence-electron chi connectivity index (χ4n) is 1.01. The summed E-state index contributed by atoms with van der Waals surface area (Å²) < 4.78 is 0. The summed E-state index contributed by atoms with van der Waals surface area (Å²) in [6, 6.07) is 6.64. The molecule has 4 heteroatoms. The van der Waals surface area contributed by atoms with Gasteiger partial charge >= 0.3 is 5.97 Å². The number of hydrogen-bond acceptors (Lipinski definition) is 2. The van der Waals surface area contributed by atoms with Crippen LogP contribution in [0.3, 0.4) is 0 Å². The third-order valence-electron chi connectivity index (χ3n) is 1.63. The fourth-order valence-corrected chi connectivity index (χ4v) is 1.08. The maximum absolute atomic E-state index is 10.8. The molecule has 0 aliphatic rings. The van der Waals surface area contributed by atoms with Crippen LogP contribution < -0.4 is 5.32 Å². The average molecular weight is 212 g/mol. The molecule has 1 aromatic carbocycles. The van der Waals surface area contributed by atoms with E-state index in [4.69, 9.17) is 16.7 Å². The number of halogens is 1. The minimum absolute atomic E-state index is 0.227. The Hall–Kier alpha value is -1.48. The summed E-state index contributed by atoms with van der Waals surface area (Å²) in [7, 11) is 0. The van der Waals surface area contributed by atoms with Gasteiger partial charge in [0.15, 0.2) is 0 Å². The molecule has 1 aromatic rings. The van der Waals surface area contributed by atoms with Crippen molar-refractivity contribution in [1.82, 2.24) is 0 Å². The lowest BCUT2D eigenvalue weighted by Gasteiger charge is -2.07. The number of nitrogens with one attached hydrogen (secondary N) is 1. The van der Waals surface area contributed by atoms with Crippen LogP contribution in [0.5, 0.6) is 0 Å². The number of carbonyl (C=O) groups is 1. The smallest absolute Gasteiger partial charge is 0.337 e. The lowest BCUT2D eigenvalue weighted by molar-refractivity contribution is 0.0698. The highest BCUT2D eigenvalue weighted by Crippen LogP contribution is 2.15. The predicted octanol–water partition coefficient (Wildman–Crippen LogP) is 2.55. The van der Waals surface area contributed by atoms with E-state index >= 15 is 0 Å². The van der Waals surface area contributed by atoms with Crippen molar-refractivity contribution in [1.29, 1.82) is 0 Å². The molecule has 0 bridgehead atoms. The molecule has 0 saturated heterocycles. The van der Waals surface area contributed by atoms with E-state index in [0.29, 0.717) is 17.3 Å². The van der Waals surface area contributed by atoms with Crippen molar-refractivity contribution in [2.75, 3.05) is 11.9 Å². The van der Waals surface area contributed by atoms with Crippen LogP contribution in [-0.4, -0.2) is 17.6 Å². The Labute approximate surface area is 87.0 Å². The Morgan fingerprint density at radius 3 is 2.71 bits per heavy atom. The summed E-state index contributed by atoms with van der Waals surface area (Å²) in [6.07, 6.45) is 0. The van der Waals surface area contributed by atoms with Gasteiger partial charge in [0.1, 0.15) is 0 Å². The number of carboxylic acid groups (broad SMARTS) is 1. The molecule has 0 saturated carbocycles. The summed E-state index contributed by atoms with van der Waals surface area (Å²) in [5, 5.41) is 12.2. The molecule has 0 unspecified atom stereocenters. The van der Waals surface area contributed by atoms with Crippen molar-refractivity contribution in [3.8, 4) is 0 Å². The number of carboxylic acids is 1. The Kier molecular flexibility index (Phi) is 3.54. The van der Waals surface area contributed by atoms with Crippen molar-refractivity contribution >= 4 is 23.3 Å². The maximum Gasteiger partial charge on any atom is 0.337 e. The Bertz CT molecular complexity index is 363. The lowest BCUT2D eigenvalue weighted by atomic mass is 10.2. The van der Waals surface area contributed by atoms with E-state index in [2.05, 4.69) is 11.9 Å². The average Bonchev–Trinajstić information content (AvgIpc) is 2.15. The van der Waals surface area contributed by atoms with Gasteiger partial charge in [-0.25, -0.2) is 4.79 Å². The predicted molar refractivity (Wildman–Crippen MR) is 56.9 cm³/mol. The topological polar surface area (TPSA) is 49.3 Å². The van der Waals surface area contributed by atoms with Gasteiger partial charge in [-0.2, -0.15) is 0 Å². The van der Waals surface area contributed by atoms with Crippen molar-refractivity contribution < 1.29 is 9.90 Å². The second-order valence-corrected chi connectivity index (χ2v) is 3.26. The fraction of sp³-hybridized carbons (Fsp3) is 0.100. The summed E-state index contributed by atoms with van der Waals surface area (Å²) in [4.78, 5) is 10.8. The van der Waals surface area contributed by atoms with Gasteiger partial charge in [-0.1, -0.05) is 30.3 Å². The molecule has 0 radical (unpaired) electrons. The second-order valence-electron chi connectivity index (χ2n) is 2.72. The van der Waals surface area contributed by atoms with Crippen LogP contribution in [0.1, 0.15) is 10.4 Å². The first kappa shape index (κ1) is 10.6. The number of para-hydroxylation sites is 1. The van der Waals surface area contributed by atoms with Crippen molar-refractivity contribution in [2.45, 2.75) is 0 Å². The summed E-state index contributed by atoms with van der Waals surface area (Å²) in [6.45, 7) is 3.85. The Balaban J connectivity index is 2.84. The first-order chi connectivity index (χ1) is 6.61. The molecule has 0 amide bonds. The molecule has 0 aromatic heterocycles. The van der Waals surface area contributed by atoms with E-state index in [1.54, 1.807) is 18.2 Å². The van der Waals surface area contributed by atoms with E-state index in [0.717, 1.165) is 0 Å². The molecule has 0 heterocycles. The van der Waals surface area contributed by atoms with Gasteiger partial charge < -0.3 is 10.4 Å². The zero-order valence-electron chi connectivity index (χ0n) is 7.46. The van der Waals surface area contributed by atoms with Gasteiger partial charge in [0.2, 0.25) is 0 Å². The number of aromatic carboxylic acids is 1. The van der Waals surface area contributed by atoms with Crippen LogP contribution in [0.15, 0.2) is 35.9 Å². The monoisotopic (exact) mass is 211 g/mol. The number of benzene rings is 1. The second kappa shape index (κ2) is 4.67. The molecule has 2 N–H and O–H groups in total. The highest BCUT2D eigenvalue weighted by atomic mass is 35.5. The van der Waals surface area contributed by atoms with E-state index in [9.17, 15) is 4.79 Å². The van der Waals surface area contributed by atoms with Gasteiger partial charge in [-0.3, -0.25) is 0 Å². The van der Waals surface area contributed by atoms with E-state index in [-0.39, 0.29) is 5.56 Å². The zero-order valence-corrected chi connectivity index (χ0v) is 8.21. The highest BCUT2D eigenvalue weighted by Gasteiger charge is 2.07. The SMILES string of the molecule is C=C(Cl)CNc1ccccc1C(=O)O. The van der Waals surface area contributed by atoms with E-state index in [1.165, 1.54) is 6.07 Å². The van der Waals surface area contributed by atoms with Gasteiger partial charge in [-0.05, 0) is 12.1 Å². The Morgan fingerprint density at radius 2 is 2.14 bits per heavy atom. The first-order valence-corrected chi connectivity index (χ1v) is 4.38. The number of anilines is 1. The van der Waals surface area contributed by atoms with Crippen LogP contribution in [0.2, 0.25) is 0 Å². The normalized spacial score (nSPS) is 9.50. The Morgan fingerprint density at radius 1 is 1.50 bits per heavy atom. The quantitative estimate of drug-likeness (QED) is 0.805. The van der Waals surface area contributed by atoms with E-state index in [1.807, 2.05) is 0 Å². The molecular formula is C10H10ClNO2. The van der Waals surface area contributed by atoms with Crippen LogP contribution >= 0.6 is 11.6 Å². The molecule has 0 spiro atoms. The molecule has 74 valence electrons. The van der Waals surface area contributed by atoms with Gasteiger partial charge in [0.05, 0.1) is 12.1 Å². The summed E-state index contributed by atoms with van der Waals surface area (Å²) >= 11 is 5.56. The molecule has 0 atom stereocenters. The first-order valence-electron chi connectivity index (χ1n) is 4.00. The highest BCUT2D eigenvalue weighted by molar-refractivity contribution is 6.29. The number of rotatable bonds is 4. The molecular weight excluding hydrogens is 202 g/mol. The largest absolute Gasteiger partial charge is 0.478 e. The van der Waals surface area contributed by atoms with Crippen LogP contribution in [-0.2, 0) is 0 Å². The summed E-state index contributed by atoms with van der Waals surface area (Å²) in [5.41, 5.74) is 0.771. The third-order valence-corrected chi connectivity index (χ3v) is 1.76. The molecule has 0 aliphatic heterocycles. The maximum atomic E-state index is 10.8. The standard InChI is InChI=1S/C10H10ClNO2/c1-7(11)6-12-9-5-3-2-4-8(9)10(13)14/h2-5,12H,1,6H2,(H,13,14). The van der Waals surface area contributed by atoms with Crippen molar-refractivity contribution in [3.05, 3.63) is 41.4 Å². The van der Waals surface area contributed by atoms with Gasteiger partial charge in [-0.15, -0.1) is 0 Å². The third kappa shape index (κ3) is 2.78. The van der Waals surface area contributed by atoms with Crippen LogP contribution in [0.4, 0.5) is 5.69 Å². The minimum atomic E-state index is -0.965. The van der Waals surface area contributed by atoms with Crippen molar-refractivity contribution in [3.63, 3.8) is 0 Å². The molecule has 14 heavy (non-hydrogen) atoms. The van der Waals surface area contributed by atoms with E-state index < -0.39 is 5.97 Å².